The highest BCUT2D eigenvalue weighted by atomic mass is 35.5. The molecule has 3 heterocycles. The number of benzene rings is 2. The van der Waals surface area contributed by atoms with Crippen LogP contribution in [0.5, 0.6) is 5.75 Å². The lowest BCUT2D eigenvalue weighted by atomic mass is 9.68. The maximum absolute atomic E-state index is 13.5. The molecular formula is C36H43ClN2O7S. The lowest BCUT2D eigenvalue weighted by Gasteiger charge is -2.46. The Morgan fingerprint density at radius 2 is 1.91 bits per heavy atom. The second-order valence-electron chi connectivity index (χ2n) is 14.2. The maximum Gasteiger partial charge on any atom is 0.335 e. The molecule has 7 atom stereocenters. The van der Waals surface area contributed by atoms with E-state index in [1.54, 1.807) is 25.1 Å². The van der Waals surface area contributed by atoms with E-state index in [4.69, 9.17) is 25.8 Å². The van der Waals surface area contributed by atoms with Crippen LogP contribution < -0.4 is 14.4 Å². The monoisotopic (exact) mass is 682 g/mol. The first-order valence-electron chi connectivity index (χ1n) is 16.9. The molecule has 0 radical (unpaired) electrons. The van der Waals surface area contributed by atoms with Crippen molar-refractivity contribution >= 4 is 39.2 Å². The Labute approximate surface area is 282 Å². The van der Waals surface area contributed by atoms with Gasteiger partial charge in [0.2, 0.25) is 10.0 Å². The number of nitrogens with one attached hydrogen (secondary N) is 1. The molecule has 47 heavy (non-hydrogen) atoms. The van der Waals surface area contributed by atoms with Gasteiger partial charge in [0.1, 0.15) is 5.75 Å². The number of amides is 1. The van der Waals surface area contributed by atoms with Gasteiger partial charge in [-0.05, 0) is 105 Å². The van der Waals surface area contributed by atoms with E-state index in [1.165, 1.54) is 11.1 Å². The summed E-state index contributed by atoms with van der Waals surface area (Å²) in [5, 5.41) is -0.0921. The van der Waals surface area contributed by atoms with Gasteiger partial charge in [0, 0.05) is 35.5 Å². The molecule has 11 heteroatoms. The highest BCUT2D eigenvalue weighted by molar-refractivity contribution is 7.90. The van der Waals surface area contributed by atoms with Gasteiger partial charge in [-0.15, -0.1) is 0 Å². The summed E-state index contributed by atoms with van der Waals surface area (Å²) in [6.07, 6.45) is 8.96. The zero-order valence-corrected chi connectivity index (χ0v) is 28.5. The Kier molecular flexibility index (Phi) is 8.81. The molecule has 0 unspecified atom stereocenters. The fourth-order valence-corrected chi connectivity index (χ4v) is 9.56. The zero-order valence-electron chi connectivity index (χ0n) is 27.0. The minimum absolute atomic E-state index is 0.163. The van der Waals surface area contributed by atoms with Crippen LogP contribution in [0.4, 0.5) is 5.69 Å². The highest BCUT2D eigenvalue weighted by Gasteiger charge is 2.45. The number of halogens is 1. The quantitative estimate of drug-likeness (QED) is 0.323. The van der Waals surface area contributed by atoms with Gasteiger partial charge in [-0.1, -0.05) is 36.7 Å². The Balaban J connectivity index is 1.29. The molecule has 2 aromatic carbocycles. The highest BCUT2D eigenvalue weighted by Crippen LogP contribution is 2.47. The molecule has 7 rings (SSSR count). The molecule has 2 bridgehead atoms. The smallest absolute Gasteiger partial charge is 0.335 e. The summed E-state index contributed by atoms with van der Waals surface area (Å²) >= 11 is 6.43. The number of ether oxygens (including phenoxy) is 3. The van der Waals surface area contributed by atoms with E-state index in [0.717, 1.165) is 42.8 Å². The fraction of sp³-hybridized carbons (Fsp3) is 0.556. The topological polar surface area (TPSA) is 111 Å². The largest absolute Gasteiger partial charge is 0.490 e. The van der Waals surface area contributed by atoms with Crippen molar-refractivity contribution in [3.8, 4) is 5.75 Å². The van der Waals surface area contributed by atoms with Gasteiger partial charge in [0.05, 0.1) is 30.3 Å². The van der Waals surface area contributed by atoms with Gasteiger partial charge in [-0.3, -0.25) is 4.79 Å². The summed E-state index contributed by atoms with van der Waals surface area (Å²) in [4.78, 5) is 28.3. The second kappa shape index (κ2) is 12.7. The maximum atomic E-state index is 13.5. The molecular weight excluding hydrogens is 640 g/mol. The summed E-state index contributed by atoms with van der Waals surface area (Å²) in [5.41, 5.74) is 3.24. The summed E-state index contributed by atoms with van der Waals surface area (Å²) in [6, 6.07) is 11.4. The average Bonchev–Trinajstić information content (AvgIpc) is 3.36. The molecule has 3 aliphatic heterocycles. The van der Waals surface area contributed by atoms with Crippen molar-refractivity contribution in [1.29, 1.82) is 0 Å². The number of aryl methyl sites for hydroxylation is 1. The van der Waals surface area contributed by atoms with Crippen molar-refractivity contribution in [2.45, 2.75) is 81.7 Å². The van der Waals surface area contributed by atoms with E-state index in [9.17, 15) is 18.0 Å². The predicted molar refractivity (Wildman–Crippen MR) is 179 cm³/mol. The summed E-state index contributed by atoms with van der Waals surface area (Å²) in [6.45, 7) is 5.70. The van der Waals surface area contributed by atoms with Crippen molar-refractivity contribution in [3.05, 3.63) is 70.3 Å². The Morgan fingerprint density at radius 3 is 2.68 bits per heavy atom. The number of hydrogen-bond acceptors (Lipinski definition) is 8. The Bertz CT molecular complexity index is 1700. The van der Waals surface area contributed by atoms with E-state index >= 15 is 0 Å². The third kappa shape index (κ3) is 6.29. The summed E-state index contributed by atoms with van der Waals surface area (Å²) in [7, 11) is -3.97. The van der Waals surface area contributed by atoms with Crippen LogP contribution in [0, 0.1) is 17.8 Å². The van der Waals surface area contributed by atoms with Gasteiger partial charge in [0.15, 0.2) is 6.10 Å². The summed E-state index contributed by atoms with van der Waals surface area (Å²) < 4.78 is 47.3. The van der Waals surface area contributed by atoms with Crippen LogP contribution in [-0.4, -0.2) is 64.1 Å². The molecule has 1 saturated heterocycles. The molecule has 9 nitrogen and oxygen atoms in total. The van der Waals surface area contributed by atoms with Gasteiger partial charge >= 0.3 is 5.97 Å². The molecule has 5 aliphatic rings. The van der Waals surface area contributed by atoms with E-state index in [0.29, 0.717) is 44.9 Å². The molecule has 2 aliphatic carbocycles. The number of hydrogen-bond donors (Lipinski definition) is 1. The number of fused-ring (bicyclic) bond motifs is 4. The molecule has 2 aromatic rings. The molecule has 0 aromatic heterocycles. The first-order valence-corrected chi connectivity index (χ1v) is 18.8. The third-order valence-corrected chi connectivity index (χ3v) is 13.4. The van der Waals surface area contributed by atoms with Gasteiger partial charge in [-0.25, -0.2) is 17.9 Å². The van der Waals surface area contributed by atoms with Crippen LogP contribution in [0.15, 0.2) is 48.6 Å². The normalized spacial score (nSPS) is 34.1. The molecule has 1 saturated carbocycles. The van der Waals surface area contributed by atoms with Crippen LogP contribution in [0.2, 0.25) is 5.02 Å². The molecule has 1 spiro atoms. The van der Waals surface area contributed by atoms with Gasteiger partial charge < -0.3 is 19.1 Å². The van der Waals surface area contributed by atoms with E-state index < -0.39 is 27.3 Å². The first kappa shape index (κ1) is 32.5. The molecule has 1 amide bonds. The van der Waals surface area contributed by atoms with E-state index in [2.05, 4.69) is 21.8 Å². The number of sulfonamides is 1. The van der Waals surface area contributed by atoms with Gasteiger partial charge in [0.25, 0.3) is 5.91 Å². The number of esters is 1. The van der Waals surface area contributed by atoms with Crippen LogP contribution in [0.25, 0.3) is 0 Å². The van der Waals surface area contributed by atoms with Crippen LogP contribution in [-0.2, 0) is 36.1 Å². The number of nitrogens with zero attached hydrogens (tertiary/aromatic N) is 1. The number of carbonyl (C=O) groups is 2. The van der Waals surface area contributed by atoms with E-state index in [-0.39, 0.29) is 40.8 Å². The third-order valence-electron chi connectivity index (χ3n) is 11.2. The number of rotatable bonds is 2. The van der Waals surface area contributed by atoms with Gasteiger partial charge in [-0.2, -0.15) is 0 Å². The van der Waals surface area contributed by atoms with Crippen LogP contribution >= 0.6 is 11.6 Å². The zero-order chi connectivity index (χ0) is 32.9. The Hall–Kier alpha value is -3.08. The number of allylic oxidation sites excluding steroid dienone is 1. The minimum Gasteiger partial charge on any atom is -0.490 e. The lowest BCUT2D eigenvalue weighted by Crippen LogP contribution is -2.50. The predicted octanol–water partition coefficient (Wildman–Crippen LogP) is 5.58. The Morgan fingerprint density at radius 1 is 1.06 bits per heavy atom. The average molecular weight is 683 g/mol. The number of carbonyl (C=O) groups excluding carboxylic acids is 2. The van der Waals surface area contributed by atoms with Crippen molar-refractivity contribution < 1.29 is 32.2 Å². The molecule has 1 N–H and O–H groups in total. The van der Waals surface area contributed by atoms with Crippen molar-refractivity contribution in [2.24, 2.45) is 17.8 Å². The number of anilines is 1. The lowest BCUT2D eigenvalue weighted by molar-refractivity contribution is -0.152. The SMILES string of the molecule is C[C@@H]1[C@@H](C)C/C=C\[C@H](O[C@H]2CCOC2=O)[C@@H]2CC[C@H]2CN2C[C@@]3(CCCc4cc(Cl)ccc43)COc3ccc(cc32)C(=O)NS1(=O)=O. The van der Waals surface area contributed by atoms with Crippen molar-refractivity contribution in [1.82, 2.24) is 4.72 Å². The molecule has 2 fully saturated rings. The van der Waals surface area contributed by atoms with E-state index in [1.807, 2.05) is 25.1 Å². The fourth-order valence-electron chi connectivity index (χ4n) is 8.08. The van der Waals surface area contributed by atoms with Crippen molar-refractivity contribution in [2.75, 3.05) is 31.2 Å². The molecule has 252 valence electrons. The second-order valence-corrected chi connectivity index (χ2v) is 16.6. The summed E-state index contributed by atoms with van der Waals surface area (Å²) in [5.74, 6) is -0.141. The van der Waals surface area contributed by atoms with Crippen molar-refractivity contribution in [3.63, 3.8) is 0 Å². The standard InChI is InChI=1S/C36H43ClN2O7S/c1-22-5-3-7-31(46-33-14-16-44-35(33)41)28-11-8-26(28)19-39-20-36(15-4-6-24-17-27(37)10-12-29(24)36)21-45-32-13-9-25(18-30(32)39)34(40)38-47(42,43)23(22)2/h3,7,9-10,12-13,17-18,22-23,26,28,31,33H,4-6,8,11,14-16,19-21H2,1-2H3,(H,38,40)/b7-3-/t22-,23+,26-,28+,31-,33-,36-/m0/s1. The number of cyclic esters (lactones) is 1. The first-order chi connectivity index (χ1) is 22.5. The van der Waals surface area contributed by atoms with Crippen LogP contribution in [0.3, 0.4) is 0 Å². The minimum atomic E-state index is -3.97. The van der Waals surface area contributed by atoms with Crippen LogP contribution in [0.1, 0.15) is 73.9 Å².